The third-order valence-electron chi connectivity index (χ3n) is 5.62. The van der Waals surface area contributed by atoms with Crippen LogP contribution < -0.4 is 14.8 Å². The number of methoxy groups -OCH3 is 1. The van der Waals surface area contributed by atoms with E-state index >= 15 is 0 Å². The van der Waals surface area contributed by atoms with Crippen molar-refractivity contribution in [1.29, 1.82) is 0 Å². The van der Waals surface area contributed by atoms with Gasteiger partial charge in [-0.2, -0.15) is 0 Å². The fourth-order valence-electron chi connectivity index (χ4n) is 3.54. The molecule has 0 atom stereocenters. The van der Waals surface area contributed by atoms with Gasteiger partial charge in [0, 0.05) is 16.8 Å². The Hall–Kier alpha value is -3.75. The predicted octanol–water partition coefficient (Wildman–Crippen LogP) is 6.73. The number of nitrogens with one attached hydrogen (secondary N) is 1. The second-order valence-electron chi connectivity index (χ2n) is 8.59. The summed E-state index contributed by atoms with van der Waals surface area (Å²) in [5, 5.41) is 3.09. The van der Waals surface area contributed by atoms with Crippen LogP contribution in [0.4, 0.5) is 5.69 Å². The standard InChI is InChI=1S/C28H26ClNO6S/c1-18(2)19-4-8-22(9-5-19)35-17-23-10-13-27(36-23)28(31)30-21-14-24(34-3)16-26(15-21)37(32,33)25-11-6-20(29)7-12-25/h4-16,18H,17H2,1-3H3,(H,30,31). The van der Waals surface area contributed by atoms with Crippen molar-refractivity contribution >= 4 is 33.0 Å². The zero-order valence-electron chi connectivity index (χ0n) is 20.5. The van der Waals surface area contributed by atoms with Crippen LogP contribution in [0.1, 0.15) is 41.6 Å². The van der Waals surface area contributed by atoms with E-state index in [2.05, 4.69) is 19.2 Å². The van der Waals surface area contributed by atoms with Gasteiger partial charge in [-0.05, 0) is 72.1 Å². The van der Waals surface area contributed by atoms with Crippen LogP contribution in [0.25, 0.3) is 0 Å². The SMILES string of the molecule is COc1cc(NC(=O)c2ccc(COc3ccc(C(C)C)cc3)o2)cc(S(=O)(=O)c2ccc(Cl)cc2)c1. The van der Waals surface area contributed by atoms with Crippen LogP contribution in [0, 0.1) is 0 Å². The average molecular weight is 540 g/mol. The smallest absolute Gasteiger partial charge is 0.291 e. The van der Waals surface area contributed by atoms with Crippen LogP contribution >= 0.6 is 11.6 Å². The molecule has 0 saturated heterocycles. The van der Waals surface area contributed by atoms with Crippen LogP contribution in [-0.2, 0) is 16.4 Å². The van der Waals surface area contributed by atoms with Crippen molar-refractivity contribution < 1.29 is 27.1 Å². The van der Waals surface area contributed by atoms with Gasteiger partial charge in [-0.3, -0.25) is 4.79 Å². The van der Waals surface area contributed by atoms with Gasteiger partial charge >= 0.3 is 0 Å². The maximum atomic E-state index is 13.1. The summed E-state index contributed by atoms with van der Waals surface area (Å²) in [6.45, 7) is 4.39. The molecular weight excluding hydrogens is 514 g/mol. The molecule has 3 aromatic carbocycles. The Kier molecular flexibility index (Phi) is 7.90. The summed E-state index contributed by atoms with van der Waals surface area (Å²) in [5.41, 5.74) is 1.45. The van der Waals surface area contributed by atoms with Crippen LogP contribution in [0.2, 0.25) is 5.02 Å². The minimum Gasteiger partial charge on any atom is -0.497 e. The number of carbonyl (C=O) groups excluding carboxylic acids is 1. The molecule has 0 aliphatic carbocycles. The van der Waals surface area contributed by atoms with Crippen molar-refractivity contribution in [3.8, 4) is 11.5 Å². The van der Waals surface area contributed by atoms with Crippen LogP contribution in [0.15, 0.2) is 93.1 Å². The highest BCUT2D eigenvalue weighted by molar-refractivity contribution is 7.91. The summed E-state index contributed by atoms with van der Waals surface area (Å²) >= 11 is 5.89. The largest absolute Gasteiger partial charge is 0.497 e. The summed E-state index contributed by atoms with van der Waals surface area (Å²) in [7, 11) is -2.47. The van der Waals surface area contributed by atoms with Crippen LogP contribution in [0.3, 0.4) is 0 Å². The summed E-state index contributed by atoms with van der Waals surface area (Å²) in [6.07, 6.45) is 0. The number of halogens is 1. The molecule has 4 rings (SSSR count). The molecule has 0 bridgehead atoms. The van der Waals surface area contributed by atoms with Crippen molar-refractivity contribution in [2.45, 2.75) is 36.2 Å². The number of hydrogen-bond donors (Lipinski definition) is 1. The number of furan rings is 1. The molecule has 1 heterocycles. The quantitative estimate of drug-likeness (QED) is 0.253. The minimum absolute atomic E-state index is 0.0403. The lowest BCUT2D eigenvalue weighted by Gasteiger charge is -2.11. The van der Waals surface area contributed by atoms with Gasteiger partial charge in [0.25, 0.3) is 5.91 Å². The normalized spacial score (nSPS) is 11.4. The fourth-order valence-corrected chi connectivity index (χ4v) is 4.99. The van der Waals surface area contributed by atoms with Gasteiger partial charge in [0.2, 0.25) is 9.84 Å². The number of amides is 1. The van der Waals surface area contributed by atoms with Gasteiger partial charge in [0.1, 0.15) is 23.9 Å². The molecule has 4 aromatic rings. The molecule has 1 N–H and O–H groups in total. The second-order valence-corrected chi connectivity index (χ2v) is 11.0. The molecule has 0 aliphatic rings. The maximum absolute atomic E-state index is 13.1. The minimum atomic E-state index is -3.88. The van der Waals surface area contributed by atoms with E-state index in [1.54, 1.807) is 6.07 Å². The Morgan fingerprint density at radius 2 is 1.62 bits per heavy atom. The molecule has 1 aromatic heterocycles. The molecule has 0 saturated carbocycles. The van der Waals surface area contributed by atoms with Gasteiger partial charge in [-0.25, -0.2) is 8.42 Å². The molecule has 1 amide bonds. The van der Waals surface area contributed by atoms with E-state index < -0.39 is 15.7 Å². The number of benzene rings is 3. The Morgan fingerprint density at radius 3 is 2.27 bits per heavy atom. The summed E-state index contributed by atoms with van der Waals surface area (Å²) in [4.78, 5) is 12.8. The van der Waals surface area contributed by atoms with Crippen molar-refractivity contribution in [2.24, 2.45) is 0 Å². The Morgan fingerprint density at radius 1 is 0.919 bits per heavy atom. The highest BCUT2D eigenvalue weighted by Gasteiger charge is 2.21. The van der Waals surface area contributed by atoms with E-state index in [1.807, 2.05) is 24.3 Å². The third kappa shape index (κ3) is 6.34. The van der Waals surface area contributed by atoms with E-state index in [-0.39, 0.29) is 33.6 Å². The van der Waals surface area contributed by atoms with Gasteiger partial charge in [-0.15, -0.1) is 0 Å². The van der Waals surface area contributed by atoms with E-state index in [4.69, 9.17) is 25.5 Å². The summed E-state index contributed by atoms with van der Waals surface area (Å²) in [6, 6.07) is 21.1. The molecule has 37 heavy (non-hydrogen) atoms. The zero-order chi connectivity index (χ0) is 26.6. The summed E-state index contributed by atoms with van der Waals surface area (Å²) in [5.74, 6) is 1.36. The number of sulfone groups is 1. The number of rotatable bonds is 9. The fraction of sp³-hybridized carbons (Fsp3) is 0.179. The molecule has 7 nitrogen and oxygen atoms in total. The number of hydrogen-bond acceptors (Lipinski definition) is 6. The topological polar surface area (TPSA) is 94.8 Å². The first-order valence-electron chi connectivity index (χ1n) is 11.5. The molecule has 0 radical (unpaired) electrons. The lowest BCUT2D eigenvalue weighted by Crippen LogP contribution is -2.12. The van der Waals surface area contributed by atoms with Crippen LogP contribution in [-0.4, -0.2) is 21.4 Å². The zero-order valence-corrected chi connectivity index (χ0v) is 22.1. The lowest BCUT2D eigenvalue weighted by atomic mass is 10.0. The average Bonchev–Trinajstić information content (AvgIpc) is 3.37. The van der Waals surface area contributed by atoms with Gasteiger partial charge < -0.3 is 19.2 Å². The first kappa shape index (κ1) is 26.3. The number of carbonyl (C=O) groups is 1. The van der Waals surface area contributed by atoms with E-state index in [0.717, 1.165) is 0 Å². The van der Waals surface area contributed by atoms with Gasteiger partial charge in [0.15, 0.2) is 5.76 Å². The molecular formula is C28H26ClNO6S. The van der Waals surface area contributed by atoms with Crippen molar-refractivity contribution in [1.82, 2.24) is 0 Å². The number of anilines is 1. The molecule has 192 valence electrons. The monoisotopic (exact) mass is 539 g/mol. The van der Waals surface area contributed by atoms with E-state index in [0.29, 0.717) is 22.5 Å². The second kappa shape index (κ2) is 11.1. The first-order valence-corrected chi connectivity index (χ1v) is 13.3. The number of ether oxygens (including phenoxy) is 2. The third-order valence-corrected chi connectivity index (χ3v) is 7.62. The van der Waals surface area contributed by atoms with Crippen LogP contribution in [0.5, 0.6) is 11.5 Å². The van der Waals surface area contributed by atoms with Crippen molar-refractivity contribution in [3.63, 3.8) is 0 Å². The van der Waals surface area contributed by atoms with Gasteiger partial charge in [-0.1, -0.05) is 37.6 Å². The first-order chi connectivity index (χ1) is 17.7. The van der Waals surface area contributed by atoms with Crippen molar-refractivity contribution in [2.75, 3.05) is 12.4 Å². The van der Waals surface area contributed by atoms with Crippen molar-refractivity contribution in [3.05, 3.63) is 101 Å². The van der Waals surface area contributed by atoms with Gasteiger partial charge in [0.05, 0.1) is 16.9 Å². The Balaban J connectivity index is 1.47. The highest BCUT2D eigenvalue weighted by Crippen LogP contribution is 2.29. The molecule has 0 spiro atoms. The van der Waals surface area contributed by atoms with E-state index in [1.165, 1.54) is 61.2 Å². The summed E-state index contributed by atoms with van der Waals surface area (Å²) < 4.78 is 42.9. The van der Waals surface area contributed by atoms with E-state index in [9.17, 15) is 13.2 Å². The molecule has 0 aliphatic heterocycles. The molecule has 0 fully saturated rings. The maximum Gasteiger partial charge on any atom is 0.291 e. The lowest BCUT2D eigenvalue weighted by molar-refractivity contribution is 0.0992. The predicted molar refractivity (Wildman–Crippen MR) is 141 cm³/mol. The Bertz CT molecular complexity index is 1490. The Labute approximate surface area is 220 Å². The molecule has 0 unspecified atom stereocenters. The highest BCUT2D eigenvalue weighted by atomic mass is 35.5. The molecule has 9 heteroatoms.